The number of aromatic carboxylic acids is 1. The van der Waals surface area contributed by atoms with Gasteiger partial charge >= 0.3 is 5.97 Å². The summed E-state index contributed by atoms with van der Waals surface area (Å²) < 4.78 is 31.8. The van der Waals surface area contributed by atoms with Gasteiger partial charge in [0.2, 0.25) is 0 Å². The van der Waals surface area contributed by atoms with Crippen molar-refractivity contribution >= 4 is 5.97 Å². The van der Waals surface area contributed by atoms with Gasteiger partial charge in [-0.15, -0.1) is 0 Å². The van der Waals surface area contributed by atoms with E-state index in [-0.39, 0.29) is 23.5 Å². The molecule has 6 heteroatoms. The second kappa shape index (κ2) is 6.01. The molecule has 0 amide bonds. The number of hydrogen-bond acceptors (Lipinski definition) is 3. The topological polar surface area (TPSA) is 70.3 Å². The number of nitrogens with zero attached hydrogens (tertiary/aromatic N) is 1. The summed E-state index contributed by atoms with van der Waals surface area (Å²) in [5.74, 6) is -3.14. The molecule has 2 rings (SSSR count). The highest BCUT2D eigenvalue weighted by molar-refractivity contribution is 5.91. The highest BCUT2D eigenvalue weighted by Gasteiger charge is 2.17. The Morgan fingerprint density at radius 2 is 2.05 bits per heavy atom. The number of nitriles is 1. The quantitative estimate of drug-likeness (QED) is 0.938. The first kappa shape index (κ1) is 14.5. The fourth-order valence-corrected chi connectivity index (χ4v) is 1.78. The number of carbonyl (C=O) groups is 1. The van der Waals surface area contributed by atoms with E-state index in [1.807, 2.05) is 6.07 Å². The van der Waals surface area contributed by atoms with Crippen LogP contribution in [0.3, 0.4) is 0 Å². The Morgan fingerprint density at radius 3 is 2.71 bits per heavy atom. The summed E-state index contributed by atoms with van der Waals surface area (Å²) >= 11 is 0. The summed E-state index contributed by atoms with van der Waals surface area (Å²) in [6.07, 6.45) is 0. The summed E-state index contributed by atoms with van der Waals surface area (Å²) in [6.45, 7) is -0.246. The van der Waals surface area contributed by atoms with Crippen LogP contribution in [0.15, 0.2) is 36.4 Å². The maximum atomic E-state index is 13.5. The van der Waals surface area contributed by atoms with E-state index in [4.69, 9.17) is 15.1 Å². The van der Waals surface area contributed by atoms with Crippen molar-refractivity contribution in [3.63, 3.8) is 0 Å². The first-order valence-corrected chi connectivity index (χ1v) is 5.86. The molecular weight excluding hydrogens is 280 g/mol. The van der Waals surface area contributed by atoms with E-state index in [2.05, 4.69) is 0 Å². The second-order valence-electron chi connectivity index (χ2n) is 4.12. The molecule has 0 unspecified atom stereocenters. The molecule has 1 N–H and O–H groups in total. The molecule has 4 nitrogen and oxygen atoms in total. The Hall–Kier alpha value is -2.94. The zero-order valence-corrected chi connectivity index (χ0v) is 10.6. The lowest BCUT2D eigenvalue weighted by atomic mass is 10.1. The van der Waals surface area contributed by atoms with E-state index < -0.39 is 23.2 Å². The summed E-state index contributed by atoms with van der Waals surface area (Å²) in [6, 6.07) is 8.99. The lowest BCUT2D eigenvalue weighted by molar-refractivity contribution is 0.0686. The van der Waals surface area contributed by atoms with E-state index >= 15 is 0 Å². The molecule has 2 aromatic rings. The van der Waals surface area contributed by atoms with Crippen LogP contribution in [0.4, 0.5) is 8.78 Å². The normalized spacial score (nSPS) is 9.95. The minimum absolute atomic E-state index is 0.185. The van der Waals surface area contributed by atoms with E-state index in [0.29, 0.717) is 0 Å². The summed E-state index contributed by atoms with van der Waals surface area (Å²) in [4.78, 5) is 11.0. The van der Waals surface area contributed by atoms with Crippen LogP contribution in [-0.4, -0.2) is 11.1 Å². The van der Waals surface area contributed by atoms with Gasteiger partial charge in [0.05, 0.1) is 11.6 Å². The van der Waals surface area contributed by atoms with Gasteiger partial charge in [-0.05, 0) is 30.3 Å². The van der Waals surface area contributed by atoms with Gasteiger partial charge in [0.15, 0.2) is 0 Å². The van der Waals surface area contributed by atoms with Gasteiger partial charge in [-0.2, -0.15) is 5.26 Å². The Morgan fingerprint density at radius 1 is 1.29 bits per heavy atom. The lowest BCUT2D eigenvalue weighted by Gasteiger charge is -2.10. The highest BCUT2D eigenvalue weighted by atomic mass is 19.1. The molecule has 0 bridgehead atoms. The molecule has 0 radical (unpaired) electrons. The van der Waals surface area contributed by atoms with Crippen molar-refractivity contribution in [1.29, 1.82) is 5.26 Å². The molecule has 0 aromatic heterocycles. The molecule has 0 saturated heterocycles. The van der Waals surface area contributed by atoms with Gasteiger partial charge in [0.1, 0.15) is 29.6 Å². The third-order valence-corrected chi connectivity index (χ3v) is 2.76. The van der Waals surface area contributed by atoms with Crippen LogP contribution in [0, 0.1) is 23.0 Å². The maximum absolute atomic E-state index is 13.5. The standard InChI is InChI=1S/C15H9F2NO3/c16-11-5-4-9(7-18)10(6-11)8-21-13-3-1-2-12(17)14(13)15(19)20/h1-6H,8H2,(H,19,20). The SMILES string of the molecule is N#Cc1ccc(F)cc1COc1cccc(F)c1C(=O)O. The zero-order chi connectivity index (χ0) is 15.4. The molecule has 2 aromatic carbocycles. The lowest BCUT2D eigenvalue weighted by Crippen LogP contribution is -2.07. The van der Waals surface area contributed by atoms with Crippen LogP contribution in [-0.2, 0) is 6.61 Å². The van der Waals surface area contributed by atoms with E-state index in [1.165, 1.54) is 18.2 Å². The van der Waals surface area contributed by atoms with Crippen molar-refractivity contribution in [2.24, 2.45) is 0 Å². The second-order valence-corrected chi connectivity index (χ2v) is 4.12. The van der Waals surface area contributed by atoms with Crippen molar-refractivity contribution in [2.75, 3.05) is 0 Å². The number of carboxylic acids is 1. The van der Waals surface area contributed by atoms with Crippen molar-refractivity contribution in [2.45, 2.75) is 6.61 Å². The third kappa shape index (κ3) is 3.15. The smallest absolute Gasteiger partial charge is 0.342 e. The van der Waals surface area contributed by atoms with Crippen LogP contribution >= 0.6 is 0 Å². The van der Waals surface area contributed by atoms with Crippen LogP contribution in [0.25, 0.3) is 0 Å². The number of benzene rings is 2. The molecule has 0 aliphatic rings. The van der Waals surface area contributed by atoms with Gasteiger partial charge in [-0.25, -0.2) is 13.6 Å². The average molecular weight is 289 g/mol. The zero-order valence-electron chi connectivity index (χ0n) is 10.6. The first-order chi connectivity index (χ1) is 10.0. The van der Waals surface area contributed by atoms with Crippen LogP contribution in [0.2, 0.25) is 0 Å². The Bertz CT molecular complexity index is 738. The molecule has 0 atom stereocenters. The molecule has 0 aliphatic carbocycles. The maximum Gasteiger partial charge on any atom is 0.342 e. The van der Waals surface area contributed by atoms with Crippen LogP contribution in [0.1, 0.15) is 21.5 Å². The number of halogens is 2. The van der Waals surface area contributed by atoms with Gasteiger partial charge < -0.3 is 9.84 Å². The van der Waals surface area contributed by atoms with Crippen molar-refractivity contribution in [3.8, 4) is 11.8 Å². The van der Waals surface area contributed by atoms with Crippen molar-refractivity contribution in [3.05, 3.63) is 64.7 Å². The predicted octanol–water partition coefficient (Wildman–Crippen LogP) is 3.11. The van der Waals surface area contributed by atoms with Gasteiger partial charge in [0, 0.05) is 5.56 Å². The molecule has 0 saturated carbocycles. The summed E-state index contributed by atoms with van der Waals surface area (Å²) in [5.41, 5.74) is -0.157. The predicted molar refractivity (Wildman–Crippen MR) is 68.8 cm³/mol. The molecule has 0 aliphatic heterocycles. The monoisotopic (exact) mass is 289 g/mol. The summed E-state index contributed by atoms with van der Waals surface area (Å²) in [5, 5.41) is 17.9. The highest BCUT2D eigenvalue weighted by Crippen LogP contribution is 2.23. The molecule has 106 valence electrons. The minimum atomic E-state index is -1.47. The minimum Gasteiger partial charge on any atom is -0.488 e. The van der Waals surface area contributed by atoms with E-state index in [9.17, 15) is 13.6 Å². The number of hydrogen-bond donors (Lipinski definition) is 1. The number of carboxylic acid groups (broad SMARTS) is 1. The van der Waals surface area contributed by atoms with Crippen LogP contribution < -0.4 is 4.74 Å². The Labute approximate surface area is 118 Å². The molecule has 21 heavy (non-hydrogen) atoms. The van der Waals surface area contributed by atoms with Crippen molar-refractivity contribution < 1.29 is 23.4 Å². The first-order valence-electron chi connectivity index (χ1n) is 5.86. The molecular formula is C15H9F2NO3. The van der Waals surface area contributed by atoms with Gasteiger partial charge in [-0.1, -0.05) is 6.07 Å². The van der Waals surface area contributed by atoms with Crippen molar-refractivity contribution in [1.82, 2.24) is 0 Å². The van der Waals surface area contributed by atoms with Gasteiger partial charge in [-0.3, -0.25) is 0 Å². The van der Waals surface area contributed by atoms with Gasteiger partial charge in [0.25, 0.3) is 0 Å². The third-order valence-electron chi connectivity index (χ3n) is 2.76. The number of ether oxygens (including phenoxy) is 1. The fourth-order valence-electron chi connectivity index (χ4n) is 1.78. The number of rotatable bonds is 4. The molecule has 0 fully saturated rings. The molecule has 0 heterocycles. The van der Waals surface area contributed by atoms with E-state index in [1.54, 1.807) is 0 Å². The summed E-state index contributed by atoms with van der Waals surface area (Å²) in [7, 11) is 0. The van der Waals surface area contributed by atoms with E-state index in [0.717, 1.165) is 18.2 Å². The van der Waals surface area contributed by atoms with Crippen LogP contribution in [0.5, 0.6) is 5.75 Å². The Balaban J connectivity index is 2.29. The average Bonchev–Trinajstić information content (AvgIpc) is 2.44. The fraction of sp³-hybridized carbons (Fsp3) is 0.0667. The molecule has 0 spiro atoms. The largest absolute Gasteiger partial charge is 0.488 e. The Kier molecular flexibility index (Phi) is 4.14.